The van der Waals surface area contributed by atoms with Crippen molar-refractivity contribution in [2.45, 2.75) is 70.1 Å². The minimum absolute atomic E-state index is 0.261. The molecule has 0 aliphatic carbocycles. The molecule has 27 heavy (non-hydrogen) atoms. The largest absolute Gasteiger partial charge is 0.465 e. The molecule has 0 saturated carbocycles. The molecule has 3 heterocycles. The van der Waals surface area contributed by atoms with E-state index in [1.54, 1.807) is 0 Å². The molecule has 4 rings (SSSR count). The summed E-state index contributed by atoms with van der Waals surface area (Å²) in [5.74, 6) is -0.000898. The monoisotopic (exact) mass is 374 g/mol. The number of nitrogens with zero attached hydrogens (tertiary/aromatic N) is 2. The van der Waals surface area contributed by atoms with Gasteiger partial charge in [-0.15, -0.1) is 0 Å². The lowest BCUT2D eigenvalue weighted by atomic mass is 9.86. The number of esters is 1. The van der Waals surface area contributed by atoms with Crippen molar-refractivity contribution in [1.29, 1.82) is 0 Å². The van der Waals surface area contributed by atoms with Gasteiger partial charge in [0.2, 0.25) is 0 Å². The van der Waals surface area contributed by atoms with Gasteiger partial charge in [0.15, 0.2) is 0 Å². The Morgan fingerprint density at radius 1 is 1.26 bits per heavy atom. The van der Waals surface area contributed by atoms with Crippen molar-refractivity contribution in [3.8, 4) is 0 Å². The number of ether oxygens (including phenoxy) is 1. The Balaban J connectivity index is 1.53. The lowest BCUT2D eigenvalue weighted by Gasteiger charge is -2.42. The van der Waals surface area contributed by atoms with E-state index in [1.807, 2.05) is 6.07 Å². The smallest absolute Gasteiger partial charge is 0.337 e. The number of hydrogen-bond donors (Lipinski definition) is 0. The molecule has 0 spiro atoms. The molecule has 0 amide bonds. The number of piperidine rings is 1. The van der Waals surface area contributed by atoms with Crippen molar-refractivity contribution in [2.24, 2.45) is 5.92 Å². The highest BCUT2D eigenvalue weighted by Gasteiger charge is 2.40. The van der Waals surface area contributed by atoms with Crippen LogP contribution in [0, 0.1) is 11.7 Å². The third-order valence-corrected chi connectivity index (χ3v) is 7.20. The topological polar surface area (TPSA) is 32.8 Å². The van der Waals surface area contributed by atoms with Gasteiger partial charge in [-0.3, -0.25) is 4.90 Å². The average Bonchev–Trinajstić information content (AvgIpc) is 2.87. The van der Waals surface area contributed by atoms with Crippen LogP contribution in [0.4, 0.5) is 4.39 Å². The first-order chi connectivity index (χ1) is 13.0. The van der Waals surface area contributed by atoms with Gasteiger partial charge in [0.05, 0.1) is 12.7 Å². The Hall–Kier alpha value is -1.46. The summed E-state index contributed by atoms with van der Waals surface area (Å²) in [6, 6.07) is 5.04. The lowest BCUT2D eigenvalue weighted by molar-refractivity contribution is 0.0598. The van der Waals surface area contributed by atoms with Crippen LogP contribution in [0.5, 0.6) is 0 Å². The lowest BCUT2D eigenvalue weighted by Crippen LogP contribution is -2.47. The molecule has 0 N–H and O–H groups in total. The molecule has 0 aromatic heterocycles. The highest BCUT2D eigenvalue weighted by molar-refractivity contribution is 5.89. The summed E-state index contributed by atoms with van der Waals surface area (Å²) in [7, 11) is 3.62. The fourth-order valence-electron chi connectivity index (χ4n) is 5.63. The summed E-state index contributed by atoms with van der Waals surface area (Å²) in [6.07, 6.45) is 7.00. The van der Waals surface area contributed by atoms with Crippen LogP contribution in [0.3, 0.4) is 0 Å². The molecule has 3 aliphatic heterocycles. The van der Waals surface area contributed by atoms with Gasteiger partial charge in [-0.1, -0.05) is 6.92 Å². The predicted molar refractivity (Wildman–Crippen MR) is 103 cm³/mol. The Morgan fingerprint density at radius 2 is 1.96 bits per heavy atom. The second kappa shape index (κ2) is 7.51. The maximum Gasteiger partial charge on any atom is 0.337 e. The van der Waals surface area contributed by atoms with Crippen LogP contribution in [0.1, 0.15) is 60.5 Å². The van der Waals surface area contributed by atoms with Crippen LogP contribution >= 0.6 is 0 Å². The van der Waals surface area contributed by atoms with E-state index in [2.05, 4.69) is 23.8 Å². The molecule has 0 radical (unpaired) electrons. The number of carbonyl (C=O) groups is 1. The number of rotatable bonds is 4. The zero-order chi connectivity index (χ0) is 19.1. The maximum atomic E-state index is 14.6. The summed E-state index contributed by atoms with van der Waals surface area (Å²) < 4.78 is 19.4. The van der Waals surface area contributed by atoms with Crippen molar-refractivity contribution < 1.29 is 13.9 Å². The zero-order valence-electron chi connectivity index (χ0n) is 16.7. The first-order valence-electron chi connectivity index (χ1n) is 10.4. The summed E-state index contributed by atoms with van der Waals surface area (Å²) in [4.78, 5) is 17.0. The third kappa shape index (κ3) is 3.52. The average molecular weight is 375 g/mol. The molecule has 4 nitrogen and oxygen atoms in total. The summed E-state index contributed by atoms with van der Waals surface area (Å²) in [6.45, 7) is 4.02. The van der Waals surface area contributed by atoms with Crippen LogP contribution in [-0.2, 0) is 17.7 Å². The SMILES string of the molecule is CCC1Cc2c(F)cc(C(=O)OC)cc2CN1CC1CC2CCC(C1)N2C. The van der Waals surface area contributed by atoms with Crippen LogP contribution in [-0.4, -0.2) is 54.6 Å². The zero-order valence-corrected chi connectivity index (χ0v) is 16.7. The second-order valence-electron chi connectivity index (χ2n) is 8.67. The quantitative estimate of drug-likeness (QED) is 0.754. The number of benzene rings is 1. The normalized spacial score (nSPS) is 31.0. The fourth-order valence-corrected chi connectivity index (χ4v) is 5.63. The van der Waals surface area contributed by atoms with E-state index < -0.39 is 5.97 Å². The van der Waals surface area contributed by atoms with Gasteiger partial charge in [0, 0.05) is 31.2 Å². The van der Waals surface area contributed by atoms with Crippen molar-refractivity contribution in [3.63, 3.8) is 0 Å². The number of hydrogen-bond acceptors (Lipinski definition) is 4. The number of methoxy groups -OCH3 is 1. The van der Waals surface area contributed by atoms with E-state index in [-0.39, 0.29) is 5.82 Å². The third-order valence-electron chi connectivity index (χ3n) is 7.20. The van der Waals surface area contributed by atoms with Gasteiger partial charge < -0.3 is 9.64 Å². The molecule has 1 aromatic rings. The summed E-state index contributed by atoms with van der Waals surface area (Å²) >= 11 is 0. The molecule has 3 atom stereocenters. The number of halogens is 1. The van der Waals surface area contributed by atoms with Crippen molar-refractivity contribution in [1.82, 2.24) is 9.80 Å². The van der Waals surface area contributed by atoms with Gasteiger partial charge in [-0.25, -0.2) is 9.18 Å². The molecule has 2 fully saturated rings. The minimum atomic E-state index is -0.465. The Morgan fingerprint density at radius 3 is 2.59 bits per heavy atom. The van der Waals surface area contributed by atoms with E-state index in [9.17, 15) is 9.18 Å². The Kier molecular flexibility index (Phi) is 5.26. The highest BCUT2D eigenvalue weighted by Crippen LogP contribution is 2.39. The van der Waals surface area contributed by atoms with Gasteiger partial charge in [0.25, 0.3) is 0 Å². The molecule has 1 aromatic carbocycles. The predicted octanol–water partition coefficient (Wildman–Crippen LogP) is 3.62. The number of fused-ring (bicyclic) bond motifs is 3. The first-order valence-corrected chi connectivity index (χ1v) is 10.4. The molecule has 5 heteroatoms. The van der Waals surface area contributed by atoms with Crippen molar-refractivity contribution in [2.75, 3.05) is 20.7 Å². The number of carbonyl (C=O) groups excluding carboxylic acids is 1. The molecular weight excluding hydrogens is 343 g/mol. The van der Waals surface area contributed by atoms with Crippen molar-refractivity contribution in [3.05, 3.63) is 34.6 Å². The minimum Gasteiger partial charge on any atom is -0.465 e. The molecular formula is C22H31FN2O2. The molecule has 3 unspecified atom stereocenters. The van der Waals surface area contributed by atoms with Crippen LogP contribution < -0.4 is 0 Å². The van der Waals surface area contributed by atoms with Gasteiger partial charge >= 0.3 is 5.97 Å². The first kappa shape index (κ1) is 18.9. The fraction of sp³-hybridized carbons (Fsp3) is 0.682. The molecule has 3 aliphatic rings. The molecule has 2 saturated heterocycles. The van der Waals surface area contributed by atoms with Gasteiger partial charge in [0.1, 0.15) is 5.82 Å². The van der Waals surface area contributed by atoms with E-state index in [4.69, 9.17) is 4.74 Å². The highest BCUT2D eigenvalue weighted by atomic mass is 19.1. The van der Waals surface area contributed by atoms with Crippen LogP contribution in [0.25, 0.3) is 0 Å². The summed E-state index contributed by atoms with van der Waals surface area (Å²) in [5, 5.41) is 0. The van der Waals surface area contributed by atoms with Crippen LogP contribution in [0.15, 0.2) is 12.1 Å². The standard InChI is InChI=1S/C22H31FN2O2/c1-4-17-11-20-16(9-15(10-21(20)23)22(26)27-3)13-25(17)12-14-7-18-5-6-19(8-14)24(18)2/h9-10,14,17-19H,4-8,11-13H2,1-3H3. The molecule has 148 valence electrons. The van der Waals surface area contributed by atoms with E-state index in [0.717, 1.165) is 55.1 Å². The van der Waals surface area contributed by atoms with Gasteiger partial charge in [-0.05, 0) is 74.8 Å². The van der Waals surface area contributed by atoms with Gasteiger partial charge in [-0.2, -0.15) is 0 Å². The van der Waals surface area contributed by atoms with E-state index in [1.165, 1.54) is 38.9 Å². The second-order valence-corrected chi connectivity index (χ2v) is 8.67. The Labute approximate surface area is 161 Å². The Bertz CT molecular complexity index is 709. The summed E-state index contributed by atoms with van der Waals surface area (Å²) in [5.41, 5.74) is 2.06. The molecule has 2 bridgehead atoms. The van der Waals surface area contributed by atoms with Crippen molar-refractivity contribution >= 4 is 5.97 Å². The van der Waals surface area contributed by atoms with E-state index >= 15 is 0 Å². The van der Waals surface area contributed by atoms with Crippen LogP contribution in [0.2, 0.25) is 0 Å². The van der Waals surface area contributed by atoms with E-state index in [0.29, 0.717) is 11.6 Å². The maximum absolute atomic E-state index is 14.6.